The first-order chi connectivity index (χ1) is 9.79. The number of carbonyl (C=O) groups is 1. The molecule has 21 heavy (non-hydrogen) atoms. The Balaban J connectivity index is 2.33. The molecule has 0 atom stereocenters. The van der Waals surface area contributed by atoms with Gasteiger partial charge in [-0.3, -0.25) is 4.79 Å². The second kappa shape index (κ2) is 5.65. The van der Waals surface area contributed by atoms with E-state index in [4.69, 9.17) is 17.3 Å². The lowest BCUT2D eigenvalue weighted by molar-refractivity contribution is -0.137. The predicted molar refractivity (Wildman–Crippen MR) is 75.3 cm³/mol. The van der Waals surface area contributed by atoms with Crippen molar-refractivity contribution in [2.24, 2.45) is 0 Å². The van der Waals surface area contributed by atoms with Crippen molar-refractivity contribution in [3.05, 3.63) is 58.6 Å². The number of hydrogen-bond acceptors (Lipinski definition) is 2. The third-order valence-corrected chi connectivity index (χ3v) is 3.08. The number of nitrogen functional groups attached to an aromatic ring is 1. The number of anilines is 2. The quantitative estimate of drug-likeness (QED) is 0.816. The Bertz CT molecular complexity index is 686. The summed E-state index contributed by atoms with van der Waals surface area (Å²) in [6.45, 7) is 0. The Morgan fingerprint density at radius 2 is 1.81 bits per heavy atom. The molecule has 0 spiro atoms. The second-order valence-corrected chi connectivity index (χ2v) is 4.64. The number of nitrogens with two attached hydrogens (primary N) is 1. The summed E-state index contributed by atoms with van der Waals surface area (Å²) in [5.74, 6) is -0.758. The highest BCUT2D eigenvalue weighted by atomic mass is 35.5. The van der Waals surface area contributed by atoms with E-state index in [1.54, 1.807) is 18.2 Å². The molecule has 0 saturated carbocycles. The van der Waals surface area contributed by atoms with E-state index in [9.17, 15) is 18.0 Å². The van der Waals surface area contributed by atoms with Gasteiger partial charge in [-0.2, -0.15) is 13.2 Å². The second-order valence-electron chi connectivity index (χ2n) is 4.23. The van der Waals surface area contributed by atoms with Crippen LogP contribution in [-0.2, 0) is 6.18 Å². The van der Waals surface area contributed by atoms with Gasteiger partial charge in [0.1, 0.15) is 0 Å². The van der Waals surface area contributed by atoms with Gasteiger partial charge in [0.05, 0.1) is 21.8 Å². The van der Waals surface area contributed by atoms with Crippen molar-refractivity contribution in [1.29, 1.82) is 0 Å². The Labute approximate surface area is 123 Å². The number of para-hydroxylation sites is 1. The summed E-state index contributed by atoms with van der Waals surface area (Å²) in [4.78, 5) is 12.0. The molecule has 0 unspecified atom stereocenters. The highest BCUT2D eigenvalue weighted by Gasteiger charge is 2.31. The number of rotatable bonds is 2. The number of amides is 1. The first kappa shape index (κ1) is 15.2. The molecule has 2 rings (SSSR count). The van der Waals surface area contributed by atoms with Crippen LogP contribution in [0.5, 0.6) is 0 Å². The van der Waals surface area contributed by atoms with Crippen molar-refractivity contribution in [2.75, 3.05) is 11.1 Å². The van der Waals surface area contributed by atoms with Gasteiger partial charge in [-0.15, -0.1) is 0 Å². The van der Waals surface area contributed by atoms with Gasteiger partial charge in [0.2, 0.25) is 0 Å². The summed E-state index contributed by atoms with van der Waals surface area (Å²) in [7, 11) is 0. The standard InChI is InChI=1S/C14H10ClF3N2O/c15-10-3-1-2-4-12(10)20-13(21)9-7-8(14(16,17)18)5-6-11(9)19/h1-7H,19H2,(H,20,21). The fourth-order valence-electron chi connectivity index (χ4n) is 1.68. The summed E-state index contributed by atoms with van der Waals surface area (Å²) < 4.78 is 38.0. The van der Waals surface area contributed by atoms with Crippen molar-refractivity contribution < 1.29 is 18.0 Å². The lowest BCUT2D eigenvalue weighted by Crippen LogP contribution is -2.16. The summed E-state index contributed by atoms with van der Waals surface area (Å²) in [6.07, 6.45) is -4.55. The highest BCUT2D eigenvalue weighted by Crippen LogP contribution is 2.31. The van der Waals surface area contributed by atoms with Crippen LogP contribution in [0.25, 0.3) is 0 Å². The predicted octanol–water partition coefficient (Wildman–Crippen LogP) is 4.19. The fraction of sp³-hybridized carbons (Fsp3) is 0.0714. The van der Waals surface area contributed by atoms with Crippen LogP contribution in [0.2, 0.25) is 5.02 Å². The van der Waals surface area contributed by atoms with E-state index >= 15 is 0 Å². The van der Waals surface area contributed by atoms with Crippen LogP contribution < -0.4 is 11.1 Å². The Morgan fingerprint density at radius 3 is 2.43 bits per heavy atom. The van der Waals surface area contributed by atoms with Gasteiger partial charge in [-0.25, -0.2) is 0 Å². The maximum absolute atomic E-state index is 12.7. The number of benzene rings is 2. The van der Waals surface area contributed by atoms with Gasteiger partial charge in [-0.05, 0) is 30.3 Å². The smallest absolute Gasteiger partial charge is 0.398 e. The molecule has 2 aromatic carbocycles. The van der Waals surface area contributed by atoms with E-state index in [2.05, 4.69) is 5.32 Å². The third kappa shape index (κ3) is 3.46. The average molecular weight is 315 g/mol. The van der Waals surface area contributed by atoms with Gasteiger partial charge in [0.15, 0.2) is 0 Å². The largest absolute Gasteiger partial charge is 0.416 e. The Kier molecular flexibility index (Phi) is 4.09. The van der Waals surface area contributed by atoms with E-state index < -0.39 is 17.6 Å². The van der Waals surface area contributed by atoms with Crippen LogP contribution in [0.3, 0.4) is 0 Å². The molecule has 3 N–H and O–H groups in total. The van der Waals surface area contributed by atoms with E-state index in [0.29, 0.717) is 11.8 Å². The zero-order valence-electron chi connectivity index (χ0n) is 10.5. The highest BCUT2D eigenvalue weighted by molar-refractivity contribution is 6.34. The van der Waals surface area contributed by atoms with Crippen LogP contribution in [0.4, 0.5) is 24.5 Å². The van der Waals surface area contributed by atoms with Crippen molar-refractivity contribution in [1.82, 2.24) is 0 Å². The van der Waals surface area contributed by atoms with Crippen LogP contribution >= 0.6 is 11.6 Å². The Morgan fingerprint density at radius 1 is 1.14 bits per heavy atom. The molecule has 0 aliphatic carbocycles. The molecule has 0 heterocycles. The van der Waals surface area contributed by atoms with Crippen molar-refractivity contribution >= 4 is 28.9 Å². The zero-order chi connectivity index (χ0) is 15.6. The number of alkyl halides is 3. The van der Waals surface area contributed by atoms with E-state index in [1.165, 1.54) is 6.07 Å². The maximum atomic E-state index is 12.7. The van der Waals surface area contributed by atoms with Crippen LogP contribution in [0, 0.1) is 0 Å². The van der Waals surface area contributed by atoms with Gasteiger partial charge in [0, 0.05) is 5.69 Å². The van der Waals surface area contributed by atoms with Crippen LogP contribution in [0.1, 0.15) is 15.9 Å². The van der Waals surface area contributed by atoms with Crippen molar-refractivity contribution in [2.45, 2.75) is 6.18 Å². The average Bonchev–Trinajstić information content (AvgIpc) is 2.40. The van der Waals surface area contributed by atoms with Crippen LogP contribution in [0.15, 0.2) is 42.5 Å². The minimum absolute atomic E-state index is 0.0486. The molecule has 0 radical (unpaired) electrons. The number of hydrogen-bond donors (Lipinski definition) is 2. The summed E-state index contributed by atoms with van der Waals surface area (Å²) >= 11 is 5.87. The number of halogens is 4. The summed E-state index contributed by atoms with van der Waals surface area (Å²) in [5.41, 5.74) is 4.61. The molecular formula is C14H10ClF3N2O. The summed E-state index contributed by atoms with van der Waals surface area (Å²) in [6, 6.07) is 8.96. The normalized spacial score (nSPS) is 11.2. The molecule has 0 bridgehead atoms. The molecule has 110 valence electrons. The SMILES string of the molecule is Nc1ccc(C(F)(F)F)cc1C(=O)Nc1ccccc1Cl. The fourth-order valence-corrected chi connectivity index (χ4v) is 1.86. The molecule has 0 aliphatic rings. The molecular weight excluding hydrogens is 305 g/mol. The molecule has 1 amide bonds. The molecule has 3 nitrogen and oxygen atoms in total. The van der Waals surface area contributed by atoms with Gasteiger partial charge >= 0.3 is 6.18 Å². The lowest BCUT2D eigenvalue weighted by Gasteiger charge is -2.12. The third-order valence-electron chi connectivity index (χ3n) is 2.75. The molecule has 0 aromatic heterocycles. The summed E-state index contributed by atoms with van der Waals surface area (Å²) in [5, 5.41) is 2.70. The Hall–Kier alpha value is -2.21. The number of nitrogens with one attached hydrogen (secondary N) is 1. The first-order valence-corrected chi connectivity index (χ1v) is 6.19. The lowest BCUT2D eigenvalue weighted by atomic mass is 10.1. The molecule has 7 heteroatoms. The van der Waals surface area contributed by atoms with Crippen molar-refractivity contribution in [3.8, 4) is 0 Å². The van der Waals surface area contributed by atoms with E-state index in [-0.39, 0.29) is 16.3 Å². The minimum atomic E-state index is -4.55. The monoisotopic (exact) mass is 314 g/mol. The van der Waals surface area contributed by atoms with Gasteiger partial charge in [-0.1, -0.05) is 23.7 Å². The van der Waals surface area contributed by atoms with Gasteiger partial charge in [0.25, 0.3) is 5.91 Å². The molecule has 0 fully saturated rings. The molecule has 0 aliphatic heterocycles. The molecule has 2 aromatic rings. The minimum Gasteiger partial charge on any atom is -0.398 e. The van der Waals surface area contributed by atoms with Gasteiger partial charge < -0.3 is 11.1 Å². The zero-order valence-corrected chi connectivity index (χ0v) is 11.3. The number of carbonyl (C=O) groups excluding carboxylic acids is 1. The van der Waals surface area contributed by atoms with Crippen molar-refractivity contribution in [3.63, 3.8) is 0 Å². The van der Waals surface area contributed by atoms with E-state index in [1.807, 2.05) is 0 Å². The topological polar surface area (TPSA) is 55.1 Å². The first-order valence-electron chi connectivity index (χ1n) is 5.81. The maximum Gasteiger partial charge on any atom is 0.416 e. The molecule has 0 saturated heterocycles. The van der Waals surface area contributed by atoms with Crippen LogP contribution in [-0.4, -0.2) is 5.91 Å². The van der Waals surface area contributed by atoms with E-state index in [0.717, 1.165) is 12.1 Å².